The Morgan fingerprint density at radius 1 is 0.600 bits per heavy atom. The SMILES string of the molecule is CC(C)(C)[O][Al]([O]C(C)(C)C)[C](C)(C)C. The average molecular weight is 230 g/mol. The maximum atomic E-state index is 6.09. The molecule has 0 heterocycles. The zero-order valence-electron chi connectivity index (χ0n) is 11.9. The van der Waals surface area contributed by atoms with Gasteiger partial charge < -0.3 is 7.58 Å². The number of hydrogen-bond donors (Lipinski definition) is 0. The van der Waals surface area contributed by atoms with Crippen LogP contribution in [0.1, 0.15) is 62.3 Å². The van der Waals surface area contributed by atoms with E-state index in [9.17, 15) is 0 Å². The monoisotopic (exact) mass is 230 g/mol. The van der Waals surface area contributed by atoms with Crippen molar-refractivity contribution in [1.82, 2.24) is 0 Å². The molecule has 0 saturated carbocycles. The summed E-state index contributed by atoms with van der Waals surface area (Å²) in [5.74, 6) is 0. The van der Waals surface area contributed by atoms with Crippen molar-refractivity contribution in [3.05, 3.63) is 0 Å². The third kappa shape index (κ3) is 8.28. The minimum atomic E-state index is -1.67. The smallest absolute Gasteiger partial charge is 0.474 e. The predicted octanol–water partition coefficient (Wildman–Crippen LogP) is 3.90. The van der Waals surface area contributed by atoms with Crippen LogP contribution in [0.3, 0.4) is 0 Å². The Kier molecular flexibility index (Phi) is 4.90. The van der Waals surface area contributed by atoms with Gasteiger partial charge in [-0.25, -0.2) is 0 Å². The molecule has 0 atom stereocenters. The summed E-state index contributed by atoms with van der Waals surface area (Å²) in [7, 11) is 0. The molecular formula is C12H27AlO2. The van der Waals surface area contributed by atoms with Gasteiger partial charge in [0.2, 0.25) is 0 Å². The second-order valence-electron chi connectivity index (χ2n) is 7.16. The van der Waals surface area contributed by atoms with Gasteiger partial charge in [0.05, 0.1) is 0 Å². The van der Waals surface area contributed by atoms with Crippen LogP contribution < -0.4 is 0 Å². The van der Waals surface area contributed by atoms with E-state index < -0.39 is 14.8 Å². The Morgan fingerprint density at radius 3 is 1.00 bits per heavy atom. The van der Waals surface area contributed by atoms with Crippen LogP contribution in [0.5, 0.6) is 0 Å². The predicted molar refractivity (Wildman–Crippen MR) is 67.1 cm³/mol. The van der Waals surface area contributed by atoms with Gasteiger partial charge in [-0.2, -0.15) is 0 Å². The first-order valence-electron chi connectivity index (χ1n) is 5.67. The maximum absolute atomic E-state index is 6.09. The zero-order valence-corrected chi connectivity index (χ0v) is 13.0. The topological polar surface area (TPSA) is 18.5 Å². The molecular weight excluding hydrogens is 203 g/mol. The quantitative estimate of drug-likeness (QED) is 0.670. The fourth-order valence-electron chi connectivity index (χ4n) is 1.02. The van der Waals surface area contributed by atoms with Gasteiger partial charge in [-0.05, 0) is 45.8 Å². The highest BCUT2D eigenvalue weighted by Gasteiger charge is 2.44. The van der Waals surface area contributed by atoms with Crippen LogP contribution in [0, 0.1) is 0 Å². The zero-order chi connectivity index (χ0) is 12.5. The van der Waals surface area contributed by atoms with Gasteiger partial charge >= 0.3 is 14.8 Å². The van der Waals surface area contributed by atoms with Crippen molar-refractivity contribution in [3.8, 4) is 0 Å². The molecule has 0 fully saturated rings. The van der Waals surface area contributed by atoms with Crippen LogP contribution in [0.4, 0.5) is 0 Å². The largest absolute Gasteiger partial charge is 0.681 e. The molecule has 15 heavy (non-hydrogen) atoms. The summed E-state index contributed by atoms with van der Waals surface area (Å²) in [6.07, 6.45) is 0. The molecule has 0 radical (unpaired) electrons. The molecule has 0 aromatic carbocycles. The van der Waals surface area contributed by atoms with Crippen molar-refractivity contribution in [2.45, 2.75) is 77.8 Å². The molecule has 2 nitrogen and oxygen atoms in total. The van der Waals surface area contributed by atoms with Crippen LogP contribution in [0.15, 0.2) is 0 Å². The van der Waals surface area contributed by atoms with Crippen molar-refractivity contribution in [3.63, 3.8) is 0 Å². The van der Waals surface area contributed by atoms with E-state index in [4.69, 9.17) is 7.58 Å². The third-order valence-electron chi connectivity index (χ3n) is 1.63. The Hall–Kier alpha value is 0.452. The number of hydrogen-bond acceptors (Lipinski definition) is 2. The second kappa shape index (κ2) is 4.76. The Morgan fingerprint density at radius 2 is 0.867 bits per heavy atom. The maximum Gasteiger partial charge on any atom is 0.681 e. The molecule has 0 spiro atoms. The Balaban J connectivity index is 4.62. The molecule has 0 aliphatic carbocycles. The minimum absolute atomic E-state index is 0.116. The van der Waals surface area contributed by atoms with E-state index in [-0.39, 0.29) is 15.5 Å². The van der Waals surface area contributed by atoms with Crippen LogP contribution in [0.25, 0.3) is 0 Å². The molecule has 0 aromatic heterocycles. The minimum Gasteiger partial charge on any atom is -0.474 e. The molecule has 0 amide bonds. The van der Waals surface area contributed by atoms with Crippen LogP contribution >= 0.6 is 0 Å². The molecule has 3 heteroatoms. The highest BCUT2D eigenvalue weighted by Crippen LogP contribution is 2.33. The van der Waals surface area contributed by atoms with Crippen LogP contribution in [-0.4, -0.2) is 26.0 Å². The van der Waals surface area contributed by atoms with E-state index in [1.165, 1.54) is 0 Å². The lowest BCUT2D eigenvalue weighted by atomic mass is 10.2. The highest BCUT2D eigenvalue weighted by molar-refractivity contribution is 6.48. The van der Waals surface area contributed by atoms with E-state index in [0.717, 1.165) is 0 Å². The normalized spacial score (nSPS) is 14.2. The molecule has 90 valence electrons. The first-order valence-corrected chi connectivity index (χ1v) is 7.19. The van der Waals surface area contributed by atoms with Crippen LogP contribution in [0.2, 0.25) is 4.28 Å². The highest BCUT2D eigenvalue weighted by atomic mass is 27.2. The summed E-state index contributed by atoms with van der Waals surface area (Å²) >= 11 is -1.67. The molecule has 0 aliphatic heterocycles. The van der Waals surface area contributed by atoms with Gasteiger partial charge in [0.1, 0.15) is 0 Å². The van der Waals surface area contributed by atoms with E-state index >= 15 is 0 Å². The molecule has 0 aromatic rings. The lowest BCUT2D eigenvalue weighted by molar-refractivity contribution is 0.0238. The summed E-state index contributed by atoms with van der Waals surface area (Å²) in [4.78, 5) is 0. The van der Waals surface area contributed by atoms with Gasteiger partial charge in [0.15, 0.2) is 0 Å². The molecule has 0 saturated heterocycles. The summed E-state index contributed by atoms with van der Waals surface area (Å²) in [6, 6.07) is 0. The van der Waals surface area contributed by atoms with Gasteiger partial charge in [0.25, 0.3) is 0 Å². The molecule has 0 rings (SSSR count). The second-order valence-corrected chi connectivity index (χ2v) is 10.0. The Bertz CT molecular complexity index is 177. The summed E-state index contributed by atoms with van der Waals surface area (Å²) < 4.78 is 12.3. The molecule has 0 aliphatic rings. The lowest BCUT2D eigenvalue weighted by Crippen LogP contribution is -2.44. The van der Waals surface area contributed by atoms with Gasteiger partial charge in [-0.3, -0.25) is 0 Å². The summed E-state index contributed by atoms with van der Waals surface area (Å²) in [6.45, 7) is 19.1. The fraction of sp³-hybridized carbons (Fsp3) is 1.00. The summed E-state index contributed by atoms with van der Waals surface area (Å²) in [5, 5.41) is 0. The van der Waals surface area contributed by atoms with E-state index in [1.807, 2.05) is 0 Å². The van der Waals surface area contributed by atoms with Crippen molar-refractivity contribution in [2.24, 2.45) is 0 Å². The van der Waals surface area contributed by atoms with Crippen molar-refractivity contribution >= 4 is 14.8 Å². The molecule has 0 unspecified atom stereocenters. The third-order valence-corrected chi connectivity index (χ3v) is 4.88. The molecule has 0 N–H and O–H groups in total. The van der Waals surface area contributed by atoms with E-state index in [1.54, 1.807) is 0 Å². The van der Waals surface area contributed by atoms with Gasteiger partial charge in [-0.15, -0.1) is 0 Å². The van der Waals surface area contributed by atoms with Crippen LogP contribution in [-0.2, 0) is 7.58 Å². The first kappa shape index (κ1) is 15.5. The van der Waals surface area contributed by atoms with Crippen molar-refractivity contribution in [1.29, 1.82) is 0 Å². The standard InChI is InChI=1S/2C4H9O.C4H9.Al/c2*1-4(2,3)5;1-4(2)3;/h2*1-3H3;1-3H3;/q2*-1;;+2. The lowest BCUT2D eigenvalue weighted by Gasteiger charge is -2.36. The fourth-order valence-corrected chi connectivity index (χ4v) is 3.06. The average Bonchev–Trinajstić information content (AvgIpc) is 1.75. The summed E-state index contributed by atoms with van der Waals surface area (Å²) in [5.41, 5.74) is -0.231. The van der Waals surface area contributed by atoms with Crippen molar-refractivity contribution in [2.75, 3.05) is 0 Å². The first-order chi connectivity index (χ1) is 6.31. The van der Waals surface area contributed by atoms with Gasteiger partial charge in [0, 0.05) is 11.2 Å². The number of rotatable bonds is 2. The van der Waals surface area contributed by atoms with E-state index in [0.29, 0.717) is 0 Å². The Labute approximate surface area is 100 Å². The molecule has 0 bridgehead atoms. The van der Waals surface area contributed by atoms with Gasteiger partial charge in [-0.1, -0.05) is 20.8 Å². The van der Waals surface area contributed by atoms with E-state index in [2.05, 4.69) is 62.3 Å². The van der Waals surface area contributed by atoms with Crippen molar-refractivity contribution < 1.29 is 7.58 Å².